The highest BCUT2D eigenvalue weighted by Crippen LogP contribution is 2.52. The van der Waals surface area contributed by atoms with Gasteiger partial charge in [-0.25, -0.2) is 0 Å². The first-order valence-corrected chi connectivity index (χ1v) is 25.5. The van der Waals surface area contributed by atoms with Crippen LogP contribution < -0.4 is 0 Å². The third-order valence-corrected chi connectivity index (χ3v) is 17.4. The molecule has 0 atom stereocenters. The van der Waals surface area contributed by atoms with E-state index in [-0.39, 0.29) is 0 Å². The molecule has 1 nitrogen and oxygen atoms in total. The van der Waals surface area contributed by atoms with Crippen LogP contribution in [0, 0.1) is 6.92 Å². The van der Waals surface area contributed by atoms with Gasteiger partial charge in [0.2, 0.25) is 0 Å². The Bertz CT molecular complexity index is 4170. The van der Waals surface area contributed by atoms with E-state index in [0.29, 0.717) is 5.75 Å². The van der Waals surface area contributed by atoms with Gasteiger partial charge in [-0.1, -0.05) is 176 Å². The van der Waals surface area contributed by atoms with Crippen molar-refractivity contribution in [3.05, 3.63) is 210 Å². The van der Waals surface area contributed by atoms with Gasteiger partial charge in [-0.15, -0.1) is 22.7 Å². The smallest absolute Gasteiger partial charge is 0.124 e. The van der Waals surface area contributed by atoms with Crippen molar-refractivity contribution < 1.29 is 5.11 Å². The first-order chi connectivity index (χ1) is 33.6. The number of hydrogen-bond acceptors (Lipinski definition) is 3. The van der Waals surface area contributed by atoms with E-state index in [1.54, 1.807) is 0 Å². The van der Waals surface area contributed by atoms with Crippen LogP contribution in [0.3, 0.4) is 0 Å². The van der Waals surface area contributed by atoms with Crippen molar-refractivity contribution in [3.63, 3.8) is 0 Å². The Morgan fingerprint density at radius 2 is 0.824 bits per heavy atom. The number of rotatable bonds is 5. The zero-order valence-corrected chi connectivity index (χ0v) is 39.2. The van der Waals surface area contributed by atoms with Crippen molar-refractivity contribution in [2.45, 2.75) is 32.6 Å². The van der Waals surface area contributed by atoms with Crippen molar-refractivity contribution >= 4 is 96.7 Å². The maximum absolute atomic E-state index is 12.3. The molecule has 0 unspecified atom stereocenters. The molecule has 12 aromatic rings. The van der Waals surface area contributed by atoms with Crippen LogP contribution in [0.1, 0.15) is 40.7 Å². The fourth-order valence-electron chi connectivity index (χ4n) is 12.0. The number of phenols is 1. The lowest BCUT2D eigenvalue weighted by atomic mass is 9.78. The summed E-state index contributed by atoms with van der Waals surface area (Å²) in [6, 6.07) is 62.3. The van der Waals surface area contributed by atoms with Crippen molar-refractivity contribution in [1.82, 2.24) is 0 Å². The number of thiophene rings is 2. The number of phenolic OH excluding ortho intramolecular Hbond substituents is 1. The average molecular weight is 905 g/mol. The Kier molecular flexibility index (Phi) is 9.03. The summed E-state index contributed by atoms with van der Waals surface area (Å²) in [4.78, 5) is 0. The molecular weight excluding hydrogens is 861 g/mol. The Morgan fingerprint density at radius 1 is 0.382 bits per heavy atom. The van der Waals surface area contributed by atoms with Crippen LogP contribution in [0.15, 0.2) is 182 Å². The topological polar surface area (TPSA) is 20.2 Å². The highest BCUT2D eigenvalue weighted by Gasteiger charge is 2.27. The fraction of sp³-hybridized carbons (Fsp3) is 0.0769. The molecule has 2 heterocycles. The van der Waals surface area contributed by atoms with Gasteiger partial charge in [-0.05, 0) is 139 Å². The van der Waals surface area contributed by atoms with Gasteiger partial charge in [0, 0.05) is 57.0 Å². The molecule has 0 bridgehead atoms. The largest absolute Gasteiger partial charge is 0.507 e. The molecule has 3 heteroatoms. The summed E-state index contributed by atoms with van der Waals surface area (Å²) in [5, 5.41) is 22.6. The molecule has 2 aromatic heterocycles. The molecule has 0 saturated heterocycles. The maximum atomic E-state index is 12.3. The summed E-state index contributed by atoms with van der Waals surface area (Å²) in [6.45, 7) is 2.24. The number of allylic oxidation sites excluding steroid dienone is 2. The molecular formula is C65H44OS2. The summed E-state index contributed by atoms with van der Waals surface area (Å²) < 4.78 is 5.33. The van der Waals surface area contributed by atoms with Gasteiger partial charge < -0.3 is 5.11 Å². The molecule has 14 rings (SSSR count). The molecule has 0 radical (unpaired) electrons. The monoisotopic (exact) mass is 904 g/mol. The van der Waals surface area contributed by atoms with Crippen molar-refractivity contribution in [3.8, 4) is 61.4 Å². The van der Waals surface area contributed by atoms with Crippen LogP contribution in [0.2, 0.25) is 0 Å². The van der Waals surface area contributed by atoms with Gasteiger partial charge in [0.1, 0.15) is 5.75 Å². The molecule has 10 aromatic carbocycles. The average Bonchev–Trinajstić information content (AvgIpc) is 3.97. The third kappa shape index (κ3) is 5.86. The molecule has 0 saturated carbocycles. The van der Waals surface area contributed by atoms with Crippen molar-refractivity contribution in [1.29, 1.82) is 0 Å². The van der Waals surface area contributed by atoms with E-state index in [1.807, 2.05) is 28.7 Å². The number of benzene rings is 10. The standard InChI is InChI=1S/C65H44OS2/c1-38-40(27-14-28-41(38)61-49-23-6-8-25-51(49)63(52-26-9-7-24-50(52)61)56-32-16-30-54-44-18-11-13-34-59(44)68-65(54)56)42-36-35-39(37-57(42)66)60-45-19-2-4-21-47(45)62(48-22-5-3-20-46(48)60)55-31-15-29-53-43-17-10-12-33-58(43)67-64(53)55/h2-4,6,8-21,23,25-37,66H,5,7,22,24H2,1H3. The normalized spacial score (nSPS) is 13.4. The molecule has 322 valence electrons. The molecule has 0 amide bonds. The zero-order valence-electron chi connectivity index (χ0n) is 37.6. The Labute approximate surface area is 403 Å². The van der Waals surface area contributed by atoms with Crippen LogP contribution >= 0.6 is 22.7 Å². The summed E-state index contributed by atoms with van der Waals surface area (Å²) in [5.74, 6) is 0.293. The maximum Gasteiger partial charge on any atom is 0.124 e. The van der Waals surface area contributed by atoms with E-state index >= 15 is 0 Å². The van der Waals surface area contributed by atoms with Gasteiger partial charge in [0.15, 0.2) is 0 Å². The van der Waals surface area contributed by atoms with E-state index in [4.69, 9.17) is 0 Å². The van der Waals surface area contributed by atoms with E-state index < -0.39 is 0 Å². The second-order valence-electron chi connectivity index (χ2n) is 18.5. The lowest BCUT2D eigenvalue weighted by Gasteiger charge is -2.25. The summed E-state index contributed by atoms with van der Waals surface area (Å²) >= 11 is 3.80. The Balaban J connectivity index is 0.925. The first-order valence-electron chi connectivity index (χ1n) is 23.8. The number of aromatic hydroxyl groups is 1. The summed E-state index contributed by atoms with van der Waals surface area (Å²) in [5.41, 5.74) is 18.4. The quantitative estimate of drug-likeness (QED) is 0.182. The van der Waals surface area contributed by atoms with E-state index in [0.717, 1.165) is 42.4 Å². The summed E-state index contributed by atoms with van der Waals surface area (Å²) in [6.07, 6.45) is 13.3. The van der Waals surface area contributed by atoms with Crippen LogP contribution in [-0.4, -0.2) is 5.11 Å². The van der Waals surface area contributed by atoms with E-state index in [9.17, 15) is 5.11 Å². The fourth-order valence-corrected chi connectivity index (χ4v) is 14.4. The number of fused-ring (bicyclic) bond motifs is 10. The van der Waals surface area contributed by atoms with Gasteiger partial charge in [0.05, 0.1) is 0 Å². The molecule has 2 aliphatic rings. The Morgan fingerprint density at radius 3 is 1.41 bits per heavy atom. The minimum atomic E-state index is 0.293. The number of hydrogen-bond donors (Lipinski definition) is 1. The molecule has 1 N–H and O–H groups in total. The lowest BCUT2D eigenvalue weighted by molar-refractivity contribution is 0.477. The minimum Gasteiger partial charge on any atom is -0.507 e. The van der Waals surface area contributed by atoms with Gasteiger partial charge >= 0.3 is 0 Å². The van der Waals surface area contributed by atoms with E-state index in [2.05, 4.69) is 195 Å². The second kappa shape index (κ2) is 15.5. The van der Waals surface area contributed by atoms with E-state index in [1.165, 1.54) is 129 Å². The minimum absolute atomic E-state index is 0.293. The molecule has 0 fully saturated rings. The Hall–Kier alpha value is -7.56. The lowest BCUT2D eigenvalue weighted by Crippen LogP contribution is -2.03. The molecule has 0 spiro atoms. The predicted molar refractivity (Wildman–Crippen MR) is 296 cm³/mol. The van der Waals surface area contributed by atoms with Gasteiger partial charge in [-0.3, -0.25) is 0 Å². The zero-order chi connectivity index (χ0) is 45.0. The summed E-state index contributed by atoms with van der Waals surface area (Å²) in [7, 11) is 0. The van der Waals surface area contributed by atoms with Crippen molar-refractivity contribution in [2.24, 2.45) is 0 Å². The van der Waals surface area contributed by atoms with Crippen LogP contribution in [0.4, 0.5) is 0 Å². The highest BCUT2D eigenvalue weighted by atomic mass is 32.1. The molecule has 68 heavy (non-hydrogen) atoms. The predicted octanol–water partition coefficient (Wildman–Crippen LogP) is 19.0. The van der Waals surface area contributed by atoms with Crippen LogP contribution in [0.5, 0.6) is 5.75 Å². The first kappa shape index (κ1) is 39.6. The third-order valence-electron chi connectivity index (χ3n) is 14.9. The van der Waals surface area contributed by atoms with Gasteiger partial charge in [0.25, 0.3) is 0 Å². The second-order valence-corrected chi connectivity index (χ2v) is 20.6. The van der Waals surface area contributed by atoms with Crippen LogP contribution in [0.25, 0.3) is 130 Å². The SMILES string of the molecule is Cc1c(-c2ccc(-c3c4c(c(-c5cccc6c5sc5ccccc56)c5ccccc35)CCC=C4)cc2O)cccc1-c1c2c(c(-c3cccc4c3sc3ccccc34)c3ccccc13)C=CCC2. The van der Waals surface area contributed by atoms with Crippen LogP contribution in [-0.2, 0) is 12.8 Å². The molecule has 0 aliphatic heterocycles. The molecule has 2 aliphatic carbocycles. The highest BCUT2D eigenvalue weighted by molar-refractivity contribution is 7.26. The van der Waals surface area contributed by atoms with Gasteiger partial charge in [-0.2, -0.15) is 0 Å². The van der Waals surface area contributed by atoms with Crippen molar-refractivity contribution in [2.75, 3.05) is 0 Å².